The zero-order valence-electron chi connectivity index (χ0n) is 6.38. The van der Waals surface area contributed by atoms with Crippen LogP contribution >= 0.6 is 0 Å². The van der Waals surface area contributed by atoms with Crippen LogP contribution in [-0.4, -0.2) is 37.7 Å². The van der Waals surface area contributed by atoms with E-state index in [-0.39, 0.29) is 0 Å². The first-order valence-corrected chi connectivity index (χ1v) is 4.25. The standard InChI is InChI=1S/C8H15NO/c1-2-4-9(3-1)5-8-6-10-7-8/h8H,1-7H2. The van der Waals surface area contributed by atoms with E-state index >= 15 is 0 Å². The molecule has 0 amide bonds. The second-order valence-corrected chi connectivity index (χ2v) is 3.41. The summed E-state index contributed by atoms with van der Waals surface area (Å²) in [5, 5.41) is 0. The van der Waals surface area contributed by atoms with Gasteiger partial charge in [0, 0.05) is 12.5 Å². The lowest BCUT2D eigenvalue weighted by Gasteiger charge is -2.29. The van der Waals surface area contributed by atoms with E-state index < -0.39 is 0 Å². The van der Waals surface area contributed by atoms with E-state index in [0.717, 1.165) is 19.1 Å². The molecule has 2 saturated heterocycles. The van der Waals surface area contributed by atoms with Gasteiger partial charge in [-0.3, -0.25) is 0 Å². The van der Waals surface area contributed by atoms with Crippen LogP contribution in [0.5, 0.6) is 0 Å². The van der Waals surface area contributed by atoms with Crippen LogP contribution in [0, 0.1) is 5.92 Å². The summed E-state index contributed by atoms with van der Waals surface area (Å²) >= 11 is 0. The lowest BCUT2D eigenvalue weighted by atomic mass is 10.1. The van der Waals surface area contributed by atoms with Crippen LogP contribution in [-0.2, 0) is 4.74 Å². The molecule has 0 aromatic rings. The molecule has 0 spiro atoms. The maximum Gasteiger partial charge on any atom is 0.0528 e. The second kappa shape index (κ2) is 2.89. The molecule has 2 aliphatic rings. The zero-order valence-corrected chi connectivity index (χ0v) is 6.38. The molecule has 2 heterocycles. The molecule has 0 N–H and O–H groups in total. The van der Waals surface area contributed by atoms with Gasteiger partial charge in [0.2, 0.25) is 0 Å². The first kappa shape index (κ1) is 6.62. The minimum absolute atomic E-state index is 0.859. The Balaban J connectivity index is 1.68. The van der Waals surface area contributed by atoms with Crippen LogP contribution in [0.2, 0.25) is 0 Å². The van der Waals surface area contributed by atoms with Gasteiger partial charge in [-0.2, -0.15) is 0 Å². The number of ether oxygens (including phenoxy) is 1. The van der Waals surface area contributed by atoms with Gasteiger partial charge >= 0.3 is 0 Å². The average molecular weight is 141 g/mol. The minimum atomic E-state index is 0.859. The molecule has 2 fully saturated rings. The number of rotatable bonds is 2. The van der Waals surface area contributed by atoms with E-state index in [1.54, 1.807) is 0 Å². The van der Waals surface area contributed by atoms with E-state index in [9.17, 15) is 0 Å². The molecule has 0 aromatic heterocycles. The molecule has 0 atom stereocenters. The van der Waals surface area contributed by atoms with Crippen molar-refractivity contribution >= 4 is 0 Å². The highest BCUT2D eigenvalue weighted by atomic mass is 16.5. The van der Waals surface area contributed by atoms with E-state index in [4.69, 9.17) is 4.74 Å². The summed E-state index contributed by atoms with van der Waals surface area (Å²) in [7, 11) is 0. The molecule has 2 heteroatoms. The van der Waals surface area contributed by atoms with Crippen LogP contribution in [0.4, 0.5) is 0 Å². The molecule has 0 saturated carbocycles. The average Bonchev–Trinajstić information content (AvgIpc) is 2.29. The third kappa shape index (κ3) is 1.32. The summed E-state index contributed by atoms with van der Waals surface area (Å²) in [6.07, 6.45) is 2.82. The highest BCUT2D eigenvalue weighted by Gasteiger charge is 2.22. The monoisotopic (exact) mass is 141 g/mol. The quantitative estimate of drug-likeness (QED) is 0.562. The topological polar surface area (TPSA) is 12.5 Å². The van der Waals surface area contributed by atoms with Crippen molar-refractivity contribution in [3.05, 3.63) is 0 Å². The summed E-state index contributed by atoms with van der Waals surface area (Å²) in [5.74, 6) is 0.859. The summed E-state index contributed by atoms with van der Waals surface area (Å²) < 4.78 is 5.12. The SMILES string of the molecule is C1CCN(CC2COC2)C1. The fraction of sp³-hybridized carbons (Fsp3) is 1.00. The Morgan fingerprint density at radius 1 is 1.20 bits per heavy atom. The van der Waals surface area contributed by atoms with Crippen molar-refractivity contribution in [2.24, 2.45) is 5.92 Å². The molecule has 2 rings (SSSR count). The van der Waals surface area contributed by atoms with Crippen molar-refractivity contribution in [2.45, 2.75) is 12.8 Å². The third-order valence-corrected chi connectivity index (χ3v) is 2.42. The van der Waals surface area contributed by atoms with Crippen LogP contribution < -0.4 is 0 Å². The normalized spacial score (nSPS) is 28.8. The molecule has 58 valence electrons. The van der Waals surface area contributed by atoms with Crippen molar-refractivity contribution in [2.75, 3.05) is 32.8 Å². The summed E-state index contributed by atoms with van der Waals surface area (Å²) in [5.41, 5.74) is 0. The third-order valence-electron chi connectivity index (χ3n) is 2.42. The minimum Gasteiger partial charge on any atom is -0.381 e. The molecular formula is C8H15NO. The number of likely N-dealkylation sites (tertiary alicyclic amines) is 1. The van der Waals surface area contributed by atoms with E-state index in [1.807, 2.05) is 0 Å². The fourth-order valence-corrected chi connectivity index (χ4v) is 1.72. The van der Waals surface area contributed by atoms with Gasteiger partial charge in [0.1, 0.15) is 0 Å². The predicted molar refractivity (Wildman–Crippen MR) is 40.0 cm³/mol. The molecule has 0 radical (unpaired) electrons. The van der Waals surface area contributed by atoms with Crippen molar-refractivity contribution in [3.63, 3.8) is 0 Å². The summed E-state index contributed by atoms with van der Waals surface area (Å²) in [6.45, 7) is 5.97. The highest BCUT2D eigenvalue weighted by molar-refractivity contribution is 4.74. The first-order chi connectivity index (χ1) is 4.95. The van der Waals surface area contributed by atoms with Gasteiger partial charge in [-0.15, -0.1) is 0 Å². The van der Waals surface area contributed by atoms with Crippen LogP contribution in [0.15, 0.2) is 0 Å². The van der Waals surface area contributed by atoms with Gasteiger partial charge in [0.15, 0.2) is 0 Å². The van der Waals surface area contributed by atoms with Crippen molar-refractivity contribution < 1.29 is 4.74 Å². The smallest absolute Gasteiger partial charge is 0.0528 e. The van der Waals surface area contributed by atoms with E-state index in [0.29, 0.717) is 0 Å². The lowest BCUT2D eigenvalue weighted by molar-refractivity contribution is -0.0439. The first-order valence-electron chi connectivity index (χ1n) is 4.25. The van der Waals surface area contributed by atoms with Gasteiger partial charge in [0.05, 0.1) is 13.2 Å². The Morgan fingerprint density at radius 3 is 2.40 bits per heavy atom. The van der Waals surface area contributed by atoms with Crippen molar-refractivity contribution in [1.29, 1.82) is 0 Å². The Hall–Kier alpha value is -0.0800. The molecular weight excluding hydrogens is 126 g/mol. The second-order valence-electron chi connectivity index (χ2n) is 3.41. The van der Waals surface area contributed by atoms with Gasteiger partial charge in [-0.05, 0) is 25.9 Å². The highest BCUT2D eigenvalue weighted by Crippen LogP contribution is 2.15. The lowest BCUT2D eigenvalue weighted by Crippen LogP contribution is -2.38. The van der Waals surface area contributed by atoms with Gasteiger partial charge in [0.25, 0.3) is 0 Å². The molecule has 10 heavy (non-hydrogen) atoms. The van der Waals surface area contributed by atoms with Gasteiger partial charge in [-0.1, -0.05) is 0 Å². The van der Waals surface area contributed by atoms with Crippen molar-refractivity contribution in [3.8, 4) is 0 Å². The summed E-state index contributed by atoms with van der Waals surface area (Å²) in [4.78, 5) is 2.56. The molecule has 0 aliphatic carbocycles. The summed E-state index contributed by atoms with van der Waals surface area (Å²) in [6, 6.07) is 0. The van der Waals surface area contributed by atoms with E-state index in [2.05, 4.69) is 4.90 Å². The molecule has 2 aliphatic heterocycles. The molecule has 2 nitrogen and oxygen atoms in total. The fourth-order valence-electron chi connectivity index (χ4n) is 1.72. The van der Waals surface area contributed by atoms with Crippen LogP contribution in [0.1, 0.15) is 12.8 Å². The predicted octanol–water partition coefficient (Wildman–Crippen LogP) is 0.729. The largest absolute Gasteiger partial charge is 0.381 e. The Labute approximate surface area is 62.2 Å². The molecule has 0 bridgehead atoms. The van der Waals surface area contributed by atoms with Crippen LogP contribution in [0.3, 0.4) is 0 Å². The molecule has 0 unspecified atom stereocenters. The van der Waals surface area contributed by atoms with Gasteiger partial charge in [-0.25, -0.2) is 0 Å². The maximum atomic E-state index is 5.12. The van der Waals surface area contributed by atoms with Crippen molar-refractivity contribution in [1.82, 2.24) is 4.90 Å². The van der Waals surface area contributed by atoms with E-state index in [1.165, 1.54) is 32.5 Å². The number of hydrogen-bond donors (Lipinski definition) is 0. The molecule has 0 aromatic carbocycles. The Kier molecular flexibility index (Phi) is 1.91. The Bertz CT molecular complexity index is 106. The number of hydrogen-bond acceptors (Lipinski definition) is 2. The van der Waals surface area contributed by atoms with Gasteiger partial charge < -0.3 is 9.64 Å². The number of nitrogens with zero attached hydrogens (tertiary/aromatic N) is 1. The zero-order chi connectivity index (χ0) is 6.81. The Morgan fingerprint density at radius 2 is 1.90 bits per heavy atom. The van der Waals surface area contributed by atoms with Crippen LogP contribution in [0.25, 0.3) is 0 Å². The maximum absolute atomic E-state index is 5.12.